The maximum atomic E-state index is 13.8. The summed E-state index contributed by atoms with van der Waals surface area (Å²) in [6, 6.07) is 19.1. The van der Waals surface area contributed by atoms with E-state index in [1.54, 1.807) is 24.3 Å². The SMILES string of the molecule is O=C1CC(N(CCc2ccccc2)S(=O)(=O)c2cc(Cl)ccc2Cl)C(=O)N1c1ccc(I)cc1. The first-order chi connectivity index (χ1) is 16.2. The molecule has 3 aromatic carbocycles. The Hall–Kier alpha value is -1.98. The van der Waals surface area contributed by atoms with Crippen LogP contribution >= 0.6 is 45.8 Å². The zero-order valence-corrected chi connectivity index (χ0v) is 22.2. The van der Waals surface area contributed by atoms with E-state index in [4.69, 9.17) is 23.2 Å². The summed E-state index contributed by atoms with van der Waals surface area (Å²) < 4.78 is 29.5. The monoisotopic (exact) mass is 628 g/mol. The first kappa shape index (κ1) is 25.1. The van der Waals surface area contributed by atoms with E-state index in [-0.39, 0.29) is 27.9 Å². The minimum atomic E-state index is -4.26. The number of hydrogen-bond acceptors (Lipinski definition) is 4. The van der Waals surface area contributed by atoms with Gasteiger partial charge in [-0.1, -0.05) is 53.5 Å². The van der Waals surface area contributed by atoms with Crippen molar-refractivity contribution in [2.24, 2.45) is 0 Å². The Morgan fingerprint density at radius 3 is 2.32 bits per heavy atom. The third-order valence-electron chi connectivity index (χ3n) is 5.50. The zero-order chi connectivity index (χ0) is 24.5. The van der Waals surface area contributed by atoms with Crippen LogP contribution in [-0.2, 0) is 26.0 Å². The second-order valence-corrected chi connectivity index (χ2v) is 11.6. The first-order valence-electron chi connectivity index (χ1n) is 10.3. The maximum absolute atomic E-state index is 13.8. The molecule has 1 saturated heterocycles. The van der Waals surface area contributed by atoms with Gasteiger partial charge in [0.15, 0.2) is 0 Å². The van der Waals surface area contributed by atoms with Crippen molar-refractivity contribution in [1.29, 1.82) is 0 Å². The number of imide groups is 1. The van der Waals surface area contributed by atoms with Gasteiger partial charge in [-0.05, 0) is 77.0 Å². The summed E-state index contributed by atoms with van der Waals surface area (Å²) in [6.45, 7) is -0.0145. The van der Waals surface area contributed by atoms with Crippen LogP contribution in [0.15, 0.2) is 77.7 Å². The minimum absolute atomic E-state index is 0.0135. The van der Waals surface area contributed by atoms with Crippen LogP contribution in [0.5, 0.6) is 0 Å². The van der Waals surface area contributed by atoms with E-state index in [0.717, 1.165) is 18.3 Å². The Balaban J connectivity index is 1.73. The quantitative estimate of drug-likeness (QED) is 0.268. The Morgan fingerprint density at radius 1 is 0.971 bits per heavy atom. The fraction of sp³-hybridized carbons (Fsp3) is 0.167. The molecule has 10 heteroatoms. The van der Waals surface area contributed by atoms with Crippen molar-refractivity contribution in [3.8, 4) is 0 Å². The molecule has 1 aliphatic heterocycles. The molecule has 0 aliphatic carbocycles. The molecule has 34 heavy (non-hydrogen) atoms. The summed E-state index contributed by atoms with van der Waals surface area (Å²) in [4.78, 5) is 27.1. The van der Waals surface area contributed by atoms with Crippen LogP contribution in [0.25, 0.3) is 0 Å². The van der Waals surface area contributed by atoms with E-state index in [0.29, 0.717) is 12.1 Å². The molecule has 3 aromatic rings. The standard InChI is InChI=1S/C24H19Cl2IN2O4S/c25-17-6-11-20(26)22(14-17)34(32,33)28(13-12-16-4-2-1-3-5-16)21-15-23(30)29(24(21)31)19-9-7-18(27)8-10-19/h1-11,14,21H,12-13,15H2. The summed E-state index contributed by atoms with van der Waals surface area (Å²) in [5.41, 5.74) is 1.30. The Kier molecular flexibility index (Phi) is 7.63. The van der Waals surface area contributed by atoms with E-state index in [1.807, 2.05) is 30.3 Å². The van der Waals surface area contributed by atoms with Crippen molar-refractivity contribution < 1.29 is 18.0 Å². The molecule has 0 radical (unpaired) electrons. The number of rotatable bonds is 7. The van der Waals surface area contributed by atoms with Crippen LogP contribution in [0.1, 0.15) is 12.0 Å². The number of benzene rings is 3. The molecule has 176 valence electrons. The van der Waals surface area contributed by atoms with Crippen molar-refractivity contribution >= 4 is 73.3 Å². The number of carbonyl (C=O) groups excluding carboxylic acids is 2. The summed E-state index contributed by atoms with van der Waals surface area (Å²) in [6.07, 6.45) is 0.0801. The highest BCUT2D eigenvalue weighted by Crippen LogP contribution is 2.33. The largest absolute Gasteiger partial charge is 0.274 e. The van der Waals surface area contributed by atoms with Gasteiger partial charge in [-0.25, -0.2) is 13.3 Å². The highest BCUT2D eigenvalue weighted by atomic mass is 127. The van der Waals surface area contributed by atoms with Gasteiger partial charge in [-0.3, -0.25) is 9.59 Å². The zero-order valence-electron chi connectivity index (χ0n) is 17.7. The van der Waals surface area contributed by atoms with Crippen LogP contribution in [0, 0.1) is 3.57 Å². The predicted molar refractivity (Wildman–Crippen MR) is 141 cm³/mol. The molecule has 1 atom stereocenters. The Bertz CT molecular complexity index is 1330. The number of nitrogens with zero attached hydrogens (tertiary/aromatic N) is 2. The second kappa shape index (κ2) is 10.3. The Labute approximate surface area is 221 Å². The first-order valence-corrected chi connectivity index (χ1v) is 13.6. The Morgan fingerprint density at radius 2 is 1.65 bits per heavy atom. The average molecular weight is 629 g/mol. The highest BCUT2D eigenvalue weighted by Gasteiger charge is 2.47. The molecule has 4 rings (SSSR count). The smallest absolute Gasteiger partial charge is 0.252 e. The van der Waals surface area contributed by atoms with E-state index >= 15 is 0 Å². The van der Waals surface area contributed by atoms with Gasteiger partial charge in [0.1, 0.15) is 10.9 Å². The number of amides is 2. The molecule has 6 nitrogen and oxygen atoms in total. The van der Waals surface area contributed by atoms with E-state index < -0.39 is 27.9 Å². The van der Waals surface area contributed by atoms with Gasteiger partial charge >= 0.3 is 0 Å². The van der Waals surface area contributed by atoms with Crippen LogP contribution in [0.2, 0.25) is 10.0 Å². The van der Waals surface area contributed by atoms with Gasteiger partial charge in [0, 0.05) is 15.1 Å². The molecule has 0 saturated carbocycles. The lowest BCUT2D eigenvalue weighted by molar-refractivity contribution is -0.122. The van der Waals surface area contributed by atoms with Crippen molar-refractivity contribution in [3.63, 3.8) is 0 Å². The molecule has 1 aliphatic rings. The molecule has 2 amide bonds. The second-order valence-electron chi connectivity index (χ2n) is 7.69. The fourth-order valence-electron chi connectivity index (χ4n) is 3.83. The number of sulfonamides is 1. The molecule has 0 N–H and O–H groups in total. The number of anilines is 1. The lowest BCUT2D eigenvalue weighted by Gasteiger charge is -2.27. The van der Waals surface area contributed by atoms with Crippen LogP contribution in [-0.4, -0.2) is 37.1 Å². The molecule has 1 fully saturated rings. The summed E-state index contributed by atoms with van der Waals surface area (Å²) in [5, 5.41) is 0.181. The lowest BCUT2D eigenvalue weighted by Crippen LogP contribution is -2.46. The third kappa shape index (κ3) is 5.16. The number of halogens is 3. The lowest BCUT2D eigenvalue weighted by atomic mass is 10.1. The van der Waals surface area contributed by atoms with E-state index in [2.05, 4.69) is 22.6 Å². The van der Waals surface area contributed by atoms with Crippen LogP contribution < -0.4 is 4.90 Å². The minimum Gasteiger partial charge on any atom is -0.274 e. The topological polar surface area (TPSA) is 74.8 Å². The summed E-state index contributed by atoms with van der Waals surface area (Å²) >= 11 is 14.4. The normalized spacial score (nSPS) is 16.5. The molecular weight excluding hydrogens is 610 g/mol. The molecule has 0 aromatic heterocycles. The highest BCUT2D eigenvalue weighted by molar-refractivity contribution is 14.1. The molecular formula is C24H19Cl2IN2O4S. The van der Waals surface area contributed by atoms with Gasteiger partial charge in [-0.2, -0.15) is 4.31 Å². The average Bonchev–Trinajstić information content (AvgIpc) is 3.10. The molecule has 1 unspecified atom stereocenters. The van der Waals surface area contributed by atoms with Gasteiger partial charge < -0.3 is 0 Å². The van der Waals surface area contributed by atoms with Gasteiger partial charge in [0.05, 0.1) is 17.1 Å². The fourth-order valence-corrected chi connectivity index (χ4v) is 6.51. The van der Waals surface area contributed by atoms with Crippen molar-refractivity contribution in [2.45, 2.75) is 23.8 Å². The van der Waals surface area contributed by atoms with E-state index in [9.17, 15) is 18.0 Å². The van der Waals surface area contributed by atoms with Crippen LogP contribution in [0.3, 0.4) is 0 Å². The number of carbonyl (C=O) groups is 2. The van der Waals surface area contributed by atoms with Crippen molar-refractivity contribution in [1.82, 2.24) is 4.31 Å². The molecule has 0 spiro atoms. The molecule has 1 heterocycles. The third-order valence-corrected chi connectivity index (χ3v) is 8.84. The van der Waals surface area contributed by atoms with Crippen molar-refractivity contribution in [2.75, 3.05) is 11.4 Å². The maximum Gasteiger partial charge on any atom is 0.252 e. The predicted octanol–water partition coefficient (Wildman–Crippen LogP) is 5.16. The number of hydrogen-bond donors (Lipinski definition) is 0. The molecule has 0 bridgehead atoms. The van der Waals surface area contributed by atoms with Gasteiger partial charge in [-0.15, -0.1) is 0 Å². The van der Waals surface area contributed by atoms with Gasteiger partial charge in [0.25, 0.3) is 5.91 Å². The van der Waals surface area contributed by atoms with Gasteiger partial charge in [0.2, 0.25) is 15.9 Å². The van der Waals surface area contributed by atoms with E-state index in [1.165, 1.54) is 18.2 Å². The summed E-state index contributed by atoms with van der Waals surface area (Å²) in [7, 11) is -4.26. The summed E-state index contributed by atoms with van der Waals surface area (Å²) in [5.74, 6) is -1.06. The van der Waals surface area contributed by atoms with Crippen LogP contribution in [0.4, 0.5) is 5.69 Å². The van der Waals surface area contributed by atoms with Crippen molar-refractivity contribution in [3.05, 3.63) is 92.0 Å².